The van der Waals surface area contributed by atoms with E-state index >= 15 is 0 Å². The van der Waals surface area contributed by atoms with Gasteiger partial charge in [0.05, 0.1) is 30.1 Å². The van der Waals surface area contributed by atoms with E-state index in [0.717, 1.165) is 29.7 Å². The molecular weight excluding hydrogens is 614 g/mol. The third-order valence-electron chi connectivity index (χ3n) is 9.79. The molecule has 0 spiro atoms. The number of nitrogens with zero attached hydrogens (tertiary/aromatic N) is 3. The van der Waals surface area contributed by atoms with E-state index in [-0.39, 0.29) is 36.4 Å². The molecule has 3 aromatic carbocycles. The zero-order valence-electron chi connectivity index (χ0n) is 29.1. The number of fused-ring (bicyclic) bond motifs is 1. The highest BCUT2D eigenvalue weighted by Crippen LogP contribution is 2.24. The predicted molar refractivity (Wildman–Crippen MR) is 195 cm³/mol. The lowest BCUT2D eigenvalue weighted by Gasteiger charge is -2.49. The van der Waals surface area contributed by atoms with Crippen molar-refractivity contribution < 1.29 is 9.59 Å². The van der Waals surface area contributed by atoms with Crippen LogP contribution in [0.4, 0.5) is 0 Å². The van der Waals surface area contributed by atoms with Crippen molar-refractivity contribution in [3.8, 4) is 0 Å². The minimum atomic E-state index is -0.873. The lowest BCUT2D eigenvalue weighted by molar-refractivity contribution is -0.143. The summed E-state index contributed by atoms with van der Waals surface area (Å²) >= 11 is 0. The summed E-state index contributed by atoms with van der Waals surface area (Å²) in [7, 11) is 0. The summed E-state index contributed by atoms with van der Waals surface area (Å²) in [6, 6.07) is 18.9. The van der Waals surface area contributed by atoms with Crippen molar-refractivity contribution in [2.24, 2.45) is 11.5 Å². The van der Waals surface area contributed by atoms with Gasteiger partial charge in [0.1, 0.15) is 6.04 Å². The standard InChI is InChI=1S/C38H51N9O2/c1-5-33(45-38(40)41)35-22-46(15-14-27-11-13-28-8-6-7-9-30(28)17-27)26(4)21-47(35)37(49)34(18-29-12-10-24(2)16-25(29)3)44-36(48)32(39)19-31-20-42-23-43-31/h6-13,16-17,20,23,26,32-35H,5,14-15,18-19,21-22,39H2,1-4H3,(H,42,43)(H,44,48)(H4,40,41,45)/t26?,32?,33-,34?,35?/m0/s1. The number of benzene rings is 3. The molecule has 1 fully saturated rings. The summed E-state index contributed by atoms with van der Waals surface area (Å²) in [6.45, 7) is 10.1. The first-order chi connectivity index (χ1) is 23.5. The van der Waals surface area contributed by atoms with Gasteiger partial charge in [-0.05, 0) is 61.1 Å². The molecule has 1 saturated heterocycles. The zero-order chi connectivity index (χ0) is 35.1. The number of aryl methyl sites for hydroxylation is 2. The molecule has 0 radical (unpaired) electrons. The summed E-state index contributed by atoms with van der Waals surface area (Å²) < 4.78 is 0. The molecule has 1 aliphatic heterocycles. The normalized spacial score (nSPS) is 18.5. The molecule has 0 aliphatic carbocycles. The lowest BCUT2D eigenvalue weighted by atomic mass is 9.94. The van der Waals surface area contributed by atoms with Gasteiger partial charge in [0.25, 0.3) is 0 Å². The Morgan fingerprint density at radius 1 is 1.04 bits per heavy atom. The summed E-state index contributed by atoms with van der Waals surface area (Å²) in [5.74, 6) is -0.709. The number of nitrogens with two attached hydrogens (primary N) is 2. The average molecular weight is 666 g/mol. The van der Waals surface area contributed by atoms with Crippen LogP contribution < -0.4 is 22.1 Å². The smallest absolute Gasteiger partial charge is 0.245 e. The van der Waals surface area contributed by atoms with Crippen molar-refractivity contribution in [3.05, 3.63) is 101 Å². The Morgan fingerprint density at radius 3 is 2.51 bits per heavy atom. The molecule has 5 atom stereocenters. The van der Waals surface area contributed by atoms with Gasteiger partial charge >= 0.3 is 0 Å². The second kappa shape index (κ2) is 16.1. The summed E-state index contributed by atoms with van der Waals surface area (Å²) in [5, 5.41) is 16.6. The second-order valence-electron chi connectivity index (χ2n) is 13.5. The number of hydrogen-bond acceptors (Lipinski definition) is 6. The Labute approximate surface area is 289 Å². The summed E-state index contributed by atoms with van der Waals surface area (Å²) in [6.07, 6.45) is 5.36. The van der Waals surface area contributed by atoms with Crippen molar-refractivity contribution >= 4 is 28.5 Å². The first-order valence-electron chi connectivity index (χ1n) is 17.2. The van der Waals surface area contributed by atoms with Crippen molar-refractivity contribution in [2.75, 3.05) is 19.6 Å². The molecule has 4 unspecified atom stereocenters. The van der Waals surface area contributed by atoms with Crippen LogP contribution in [0.5, 0.6) is 0 Å². The van der Waals surface area contributed by atoms with Crippen LogP contribution in [0.25, 0.3) is 10.8 Å². The number of nitrogens with one attached hydrogen (secondary N) is 4. The third kappa shape index (κ3) is 9.04. The fourth-order valence-corrected chi connectivity index (χ4v) is 7.00. The highest BCUT2D eigenvalue weighted by atomic mass is 16.2. The average Bonchev–Trinajstić information content (AvgIpc) is 3.60. The van der Waals surface area contributed by atoms with Crippen LogP contribution in [0, 0.1) is 19.3 Å². The van der Waals surface area contributed by atoms with Crippen molar-refractivity contribution in [2.45, 2.75) is 83.6 Å². The molecule has 0 bridgehead atoms. The number of rotatable bonds is 13. The molecule has 1 aromatic heterocycles. The van der Waals surface area contributed by atoms with Crippen molar-refractivity contribution in [3.63, 3.8) is 0 Å². The Bertz CT molecular complexity index is 1740. The molecule has 11 heteroatoms. The van der Waals surface area contributed by atoms with E-state index in [2.05, 4.69) is 81.0 Å². The molecule has 49 heavy (non-hydrogen) atoms. The molecule has 2 amide bonds. The Hall–Kier alpha value is -4.74. The van der Waals surface area contributed by atoms with Crippen LogP contribution in [0.1, 0.15) is 48.2 Å². The zero-order valence-corrected chi connectivity index (χ0v) is 29.1. The number of carbonyl (C=O) groups is 2. The molecule has 260 valence electrons. The van der Waals surface area contributed by atoms with Crippen LogP contribution in [0.15, 0.2) is 73.2 Å². The minimum absolute atomic E-state index is 0.0647. The van der Waals surface area contributed by atoms with Gasteiger partial charge in [-0.1, -0.05) is 73.2 Å². The van der Waals surface area contributed by atoms with Crippen molar-refractivity contribution in [1.29, 1.82) is 5.41 Å². The minimum Gasteiger partial charge on any atom is -0.370 e. The molecule has 4 aromatic rings. The van der Waals surface area contributed by atoms with Gasteiger partial charge in [-0.3, -0.25) is 19.9 Å². The largest absolute Gasteiger partial charge is 0.370 e. The highest BCUT2D eigenvalue weighted by molar-refractivity contribution is 5.90. The number of hydrogen-bond donors (Lipinski definition) is 6. The Kier molecular flexibility index (Phi) is 11.7. The van der Waals surface area contributed by atoms with Gasteiger partial charge < -0.3 is 32.0 Å². The van der Waals surface area contributed by atoms with Gasteiger partial charge in [-0.15, -0.1) is 0 Å². The van der Waals surface area contributed by atoms with Crippen LogP contribution in [0.2, 0.25) is 0 Å². The maximum atomic E-state index is 14.8. The molecule has 2 heterocycles. The SMILES string of the molecule is CC[C@H](NC(=N)N)C1CN(CCc2ccc3ccccc3c2)C(C)CN1C(=O)C(Cc1ccc(C)cc1C)NC(=O)C(N)Cc1c[nH]cn1. The van der Waals surface area contributed by atoms with Crippen LogP contribution in [-0.4, -0.2) is 87.4 Å². The topological polar surface area (TPSA) is 169 Å². The molecule has 8 N–H and O–H groups in total. The number of carbonyl (C=O) groups excluding carboxylic acids is 2. The quantitative estimate of drug-likeness (QED) is 0.0942. The molecule has 0 saturated carbocycles. The highest BCUT2D eigenvalue weighted by Gasteiger charge is 2.41. The van der Waals surface area contributed by atoms with Crippen molar-refractivity contribution in [1.82, 2.24) is 30.4 Å². The van der Waals surface area contributed by atoms with E-state index in [1.807, 2.05) is 37.8 Å². The third-order valence-corrected chi connectivity index (χ3v) is 9.79. The van der Waals surface area contributed by atoms with E-state index in [4.69, 9.17) is 16.9 Å². The summed E-state index contributed by atoms with van der Waals surface area (Å²) in [5.41, 5.74) is 17.3. The number of imidazole rings is 1. The van der Waals surface area contributed by atoms with Gasteiger partial charge in [0, 0.05) is 44.7 Å². The predicted octanol–water partition coefficient (Wildman–Crippen LogP) is 3.18. The van der Waals surface area contributed by atoms with Gasteiger partial charge in [0.15, 0.2) is 5.96 Å². The van der Waals surface area contributed by atoms with E-state index in [1.165, 1.54) is 16.3 Å². The van der Waals surface area contributed by atoms with E-state index in [0.29, 0.717) is 31.6 Å². The molecular formula is C38H51N9O2. The number of aromatic nitrogens is 2. The van der Waals surface area contributed by atoms with Gasteiger partial charge in [-0.2, -0.15) is 0 Å². The maximum absolute atomic E-state index is 14.8. The Morgan fingerprint density at radius 2 is 1.82 bits per heavy atom. The number of aromatic amines is 1. The molecule has 1 aliphatic rings. The van der Waals surface area contributed by atoms with Crippen LogP contribution in [-0.2, 0) is 28.9 Å². The maximum Gasteiger partial charge on any atom is 0.245 e. The van der Waals surface area contributed by atoms with E-state index in [1.54, 1.807) is 12.5 Å². The van der Waals surface area contributed by atoms with Gasteiger partial charge in [-0.25, -0.2) is 4.98 Å². The molecule has 5 rings (SSSR count). The summed E-state index contributed by atoms with van der Waals surface area (Å²) in [4.78, 5) is 39.7. The lowest BCUT2D eigenvalue weighted by Crippen LogP contribution is -2.68. The number of H-pyrrole nitrogens is 1. The second-order valence-corrected chi connectivity index (χ2v) is 13.5. The monoisotopic (exact) mass is 665 g/mol. The van der Waals surface area contributed by atoms with Crippen LogP contribution in [0.3, 0.4) is 0 Å². The van der Waals surface area contributed by atoms with E-state index in [9.17, 15) is 9.59 Å². The van der Waals surface area contributed by atoms with E-state index < -0.39 is 18.0 Å². The number of amides is 2. The Balaban J connectivity index is 1.39. The fourth-order valence-electron chi connectivity index (χ4n) is 7.00. The van der Waals surface area contributed by atoms with Gasteiger partial charge in [0.2, 0.25) is 11.8 Å². The van der Waals surface area contributed by atoms with Crippen LogP contribution >= 0.6 is 0 Å². The molecule has 11 nitrogen and oxygen atoms in total. The number of guanidine groups is 1. The fraction of sp³-hybridized carbons (Fsp3) is 0.421. The first kappa shape index (κ1) is 35.6. The first-order valence-corrected chi connectivity index (χ1v) is 17.2. The number of piperazine rings is 1.